The third kappa shape index (κ3) is 2.97. The Morgan fingerprint density at radius 2 is 2.15 bits per heavy atom. The number of sulfonamides is 1. The van der Waals surface area contributed by atoms with Gasteiger partial charge in [0.05, 0.1) is 11.4 Å². The van der Waals surface area contributed by atoms with Gasteiger partial charge < -0.3 is 11.1 Å². The van der Waals surface area contributed by atoms with Crippen molar-refractivity contribution in [3.63, 3.8) is 0 Å². The fraction of sp³-hybridized carbons (Fsp3) is 0.417. The average Bonchev–Trinajstić information content (AvgIpc) is 2.64. The van der Waals surface area contributed by atoms with Crippen molar-refractivity contribution >= 4 is 15.9 Å². The number of hydrogen-bond acceptors (Lipinski definition) is 4. The highest BCUT2D eigenvalue weighted by atomic mass is 32.2. The standard InChI is InChI=1S/C12H16FN3O3S/c13-11-3-2-10(6-9(11)7-14)20(18,19)16-5-1-4-15-12(17)8-16/h2-3,6H,1,4-5,7-8,14H2,(H,15,17). The van der Waals surface area contributed by atoms with E-state index in [0.717, 1.165) is 10.4 Å². The fourth-order valence-electron chi connectivity index (χ4n) is 2.00. The Kier molecular flexibility index (Phi) is 4.36. The molecule has 1 aliphatic rings. The molecule has 0 spiro atoms. The first-order valence-electron chi connectivity index (χ1n) is 6.20. The SMILES string of the molecule is NCc1cc(S(=O)(=O)N2CCCNC(=O)C2)ccc1F. The van der Waals surface area contributed by atoms with E-state index < -0.39 is 15.8 Å². The van der Waals surface area contributed by atoms with Crippen molar-refractivity contribution in [3.8, 4) is 0 Å². The second-order valence-corrected chi connectivity index (χ2v) is 6.44. The Morgan fingerprint density at radius 3 is 2.85 bits per heavy atom. The molecule has 1 saturated heterocycles. The molecule has 0 aromatic heterocycles. The molecule has 0 radical (unpaired) electrons. The molecular formula is C12H16FN3O3S. The monoisotopic (exact) mass is 301 g/mol. The summed E-state index contributed by atoms with van der Waals surface area (Å²) in [6.45, 7) is 0.381. The number of benzene rings is 1. The summed E-state index contributed by atoms with van der Waals surface area (Å²) in [5.74, 6) is -0.882. The Labute approximate surface area is 116 Å². The molecule has 20 heavy (non-hydrogen) atoms. The minimum atomic E-state index is -3.82. The molecule has 1 heterocycles. The summed E-state index contributed by atoms with van der Waals surface area (Å²) < 4.78 is 39.4. The lowest BCUT2D eigenvalue weighted by Gasteiger charge is -2.19. The van der Waals surface area contributed by atoms with Crippen LogP contribution in [0.1, 0.15) is 12.0 Å². The molecule has 0 bridgehead atoms. The number of carbonyl (C=O) groups is 1. The van der Waals surface area contributed by atoms with Gasteiger partial charge in [-0.1, -0.05) is 0 Å². The number of halogens is 1. The zero-order valence-corrected chi connectivity index (χ0v) is 11.6. The molecule has 0 atom stereocenters. The van der Waals surface area contributed by atoms with Crippen LogP contribution in [0.15, 0.2) is 23.1 Å². The van der Waals surface area contributed by atoms with Gasteiger partial charge in [0, 0.05) is 25.2 Å². The molecule has 1 aromatic carbocycles. The molecule has 1 fully saturated rings. The summed E-state index contributed by atoms with van der Waals surface area (Å²) in [6, 6.07) is 3.48. The Hall–Kier alpha value is -1.51. The van der Waals surface area contributed by atoms with Crippen LogP contribution in [0.3, 0.4) is 0 Å². The molecule has 2 rings (SSSR count). The zero-order chi connectivity index (χ0) is 14.8. The van der Waals surface area contributed by atoms with E-state index in [1.54, 1.807) is 0 Å². The molecule has 0 saturated carbocycles. The predicted octanol–water partition coefficient (Wildman–Crippen LogP) is -0.205. The van der Waals surface area contributed by atoms with Crippen LogP contribution in [0.2, 0.25) is 0 Å². The van der Waals surface area contributed by atoms with E-state index >= 15 is 0 Å². The van der Waals surface area contributed by atoms with Gasteiger partial charge in [0.1, 0.15) is 5.82 Å². The lowest BCUT2D eigenvalue weighted by atomic mass is 10.2. The first kappa shape index (κ1) is 14.9. The molecule has 1 aliphatic heterocycles. The molecule has 110 valence electrons. The molecule has 8 heteroatoms. The van der Waals surface area contributed by atoms with E-state index in [-0.39, 0.29) is 36.0 Å². The van der Waals surface area contributed by atoms with Crippen LogP contribution in [-0.2, 0) is 21.4 Å². The van der Waals surface area contributed by atoms with Crippen molar-refractivity contribution < 1.29 is 17.6 Å². The van der Waals surface area contributed by atoms with Crippen molar-refractivity contribution in [1.82, 2.24) is 9.62 Å². The Bertz CT molecular complexity index is 618. The van der Waals surface area contributed by atoms with Crippen LogP contribution < -0.4 is 11.1 Å². The van der Waals surface area contributed by atoms with Gasteiger partial charge in [-0.3, -0.25) is 4.79 Å². The van der Waals surface area contributed by atoms with E-state index in [1.165, 1.54) is 12.1 Å². The lowest BCUT2D eigenvalue weighted by molar-refractivity contribution is -0.120. The normalized spacial score (nSPS) is 17.6. The fourth-order valence-corrected chi connectivity index (χ4v) is 3.49. The number of rotatable bonds is 3. The number of carbonyl (C=O) groups excluding carboxylic acids is 1. The minimum Gasteiger partial charge on any atom is -0.355 e. The van der Waals surface area contributed by atoms with Gasteiger partial charge in [-0.25, -0.2) is 12.8 Å². The summed E-state index contributed by atoms with van der Waals surface area (Å²) >= 11 is 0. The van der Waals surface area contributed by atoms with Crippen molar-refractivity contribution in [2.75, 3.05) is 19.6 Å². The summed E-state index contributed by atoms with van der Waals surface area (Å²) in [7, 11) is -3.82. The highest BCUT2D eigenvalue weighted by molar-refractivity contribution is 7.89. The lowest BCUT2D eigenvalue weighted by Crippen LogP contribution is -2.37. The number of nitrogens with one attached hydrogen (secondary N) is 1. The van der Waals surface area contributed by atoms with E-state index in [1.807, 2.05) is 0 Å². The summed E-state index contributed by atoms with van der Waals surface area (Å²) in [5, 5.41) is 2.60. The maximum atomic E-state index is 13.4. The van der Waals surface area contributed by atoms with Gasteiger partial charge in [0.15, 0.2) is 0 Å². The molecule has 1 amide bonds. The van der Waals surface area contributed by atoms with Gasteiger partial charge >= 0.3 is 0 Å². The number of hydrogen-bond donors (Lipinski definition) is 2. The van der Waals surface area contributed by atoms with E-state index in [4.69, 9.17) is 5.73 Å². The van der Waals surface area contributed by atoms with Gasteiger partial charge in [0.25, 0.3) is 0 Å². The molecule has 0 aliphatic carbocycles. The summed E-state index contributed by atoms with van der Waals surface area (Å²) in [4.78, 5) is 11.4. The zero-order valence-electron chi connectivity index (χ0n) is 10.8. The smallest absolute Gasteiger partial charge is 0.243 e. The minimum absolute atomic E-state index is 0.0472. The van der Waals surface area contributed by atoms with Crippen LogP contribution in [0.4, 0.5) is 4.39 Å². The van der Waals surface area contributed by atoms with Gasteiger partial charge in [-0.05, 0) is 24.6 Å². The molecule has 0 unspecified atom stereocenters. The van der Waals surface area contributed by atoms with Gasteiger partial charge in [0.2, 0.25) is 15.9 Å². The largest absolute Gasteiger partial charge is 0.355 e. The van der Waals surface area contributed by atoms with Crippen LogP contribution in [0, 0.1) is 5.82 Å². The Balaban J connectivity index is 2.36. The van der Waals surface area contributed by atoms with Crippen molar-refractivity contribution in [1.29, 1.82) is 0 Å². The summed E-state index contributed by atoms with van der Waals surface area (Å²) in [5.41, 5.74) is 5.51. The predicted molar refractivity (Wildman–Crippen MR) is 70.7 cm³/mol. The maximum Gasteiger partial charge on any atom is 0.243 e. The second-order valence-electron chi connectivity index (χ2n) is 4.50. The van der Waals surface area contributed by atoms with E-state index in [9.17, 15) is 17.6 Å². The second kappa shape index (κ2) is 5.86. The van der Waals surface area contributed by atoms with Crippen molar-refractivity contribution in [2.24, 2.45) is 5.73 Å². The number of nitrogens with zero attached hydrogens (tertiary/aromatic N) is 1. The molecule has 1 aromatic rings. The van der Waals surface area contributed by atoms with Crippen LogP contribution in [-0.4, -0.2) is 38.3 Å². The third-order valence-electron chi connectivity index (χ3n) is 3.10. The molecular weight excluding hydrogens is 285 g/mol. The quantitative estimate of drug-likeness (QED) is 0.808. The van der Waals surface area contributed by atoms with Crippen LogP contribution >= 0.6 is 0 Å². The maximum absolute atomic E-state index is 13.4. The molecule has 6 nitrogen and oxygen atoms in total. The third-order valence-corrected chi connectivity index (χ3v) is 4.94. The average molecular weight is 301 g/mol. The first-order valence-corrected chi connectivity index (χ1v) is 7.64. The van der Waals surface area contributed by atoms with Crippen LogP contribution in [0.5, 0.6) is 0 Å². The van der Waals surface area contributed by atoms with E-state index in [2.05, 4.69) is 5.32 Å². The van der Waals surface area contributed by atoms with Crippen molar-refractivity contribution in [3.05, 3.63) is 29.6 Å². The first-order chi connectivity index (χ1) is 9.45. The van der Waals surface area contributed by atoms with Gasteiger partial charge in [-0.2, -0.15) is 4.31 Å². The molecule has 3 N–H and O–H groups in total. The highest BCUT2D eigenvalue weighted by Crippen LogP contribution is 2.19. The van der Waals surface area contributed by atoms with Crippen molar-refractivity contribution in [2.45, 2.75) is 17.9 Å². The summed E-state index contributed by atoms with van der Waals surface area (Å²) in [6.07, 6.45) is 0.538. The number of nitrogens with two attached hydrogens (primary N) is 1. The van der Waals surface area contributed by atoms with E-state index in [0.29, 0.717) is 13.0 Å². The number of amides is 1. The topological polar surface area (TPSA) is 92.5 Å². The Morgan fingerprint density at radius 1 is 1.40 bits per heavy atom. The van der Waals surface area contributed by atoms with Gasteiger partial charge in [-0.15, -0.1) is 0 Å². The highest BCUT2D eigenvalue weighted by Gasteiger charge is 2.28. The van der Waals surface area contributed by atoms with Crippen LogP contribution in [0.25, 0.3) is 0 Å².